The maximum absolute atomic E-state index is 13.6. The summed E-state index contributed by atoms with van der Waals surface area (Å²) in [4.78, 5) is 15.1. The number of nitrogens with zero attached hydrogens (tertiary/aromatic N) is 1. The molecule has 1 aromatic rings. The molecule has 0 aromatic heterocycles. The van der Waals surface area contributed by atoms with Gasteiger partial charge in [0.1, 0.15) is 5.82 Å². The minimum atomic E-state index is -0.501. The normalized spacial score (nSPS) is 26.3. The van der Waals surface area contributed by atoms with Crippen molar-refractivity contribution in [3.63, 3.8) is 0 Å². The van der Waals surface area contributed by atoms with E-state index in [1.807, 2.05) is 11.0 Å². The van der Waals surface area contributed by atoms with Crippen molar-refractivity contribution in [2.24, 2.45) is 0 Å². The van der Waals surface area contributed by atoms with Gasteiger partial charge in [-0.05, 0) is 76.9 Å². The third kappa shape index (κ3) is 3.21. The average Bonchev–Trinajstić information content (AvgIpc) is 3.38. The number of likely N-dealkylation sites (tertiary alicyclic amines) is 1. The van der Waals surface area contributed by atoms with Crippen LogP contribution in [0.3, 0.4) is 0 Å². The van der Waals surface area contributed by atoms with Crippen molar-refractivity contribution < 1.29 is 18.5 Å². The van der Waals surface area contributed by atoms with Gasteiger partial charge in [-0.2, -0.15) is 0 Å². The Morgan fingerprint density at radius 1 is 1.11 bits per heavy atom. The van der Waals surface area contributed by atoms with Gasteiger partial charge in [-0.15, -0.1) is 0 Å². The average molecular weight is 373 g/mol. The number of carbonyl (C=O) groups excluding carboxylic acids is 1. The highest BCUT2D eigenvalue weighted by molar-refractivity contribution is 6.47. The first-order valence-electron chi connectivity index (χ1n) is 10.1. The van der Waals surface area contributed by atoms with E-state index in [0.717, 1.165) is 31.2 Å². The summed E-state index contributed by atoms with van der Waals surface area (Å²) < 4.78 is 26.0. The van der Waals surface area contributed by atoms with Gasteiger partial charge in [0.15, 0.2) is 0 Å². The van der Waals surface area contributed by atoms with Gasteiger partial charge in [-0.3, -0.25) is 4.79 Å². The number of benzene rings is 1. The minimum absolute atomic E-state index is 0.153. The molecule has 27 heavy (non-hydrogen) atoms. The molecule has 3 aliphatic rings. The number of piperidine rings is 1. The molecule has 1 amide bonds. The van der Waals surface area contributed by atoms with E-state index in [2.05, 4.69) is 27.7 Å². The van der Waals surface area contributed by atoms with Crippen LogP contribution in [-0.2, 0) is 19.5 Å². The third-order valence-corrected chi connectivity index (χ3v) is 7.02. The molecule has 0 unspecified atom stereocenters. The van der Waals surface area contributed by atoms with Crippen LogP contribution in [0.25, 0.3) is 0 Å². The molecule has 4 nitrogen and oxygen atoms in total. The van der Waals surface area contributed by atoms with Gasteiger partial charge >= 0.3 is 7.12 Å². The van der Waals surface area contributed by atoms with Crippen LogP contribution in [0.15, 0.2) is 24.3 Å². The number of hydrogen-bond donors (Lipinski definition) is 0. The fraction of sp³-hybridized carbons (Fsp3) is 0.667. The quantitative estimate of drug-likeness (QED) is 0.754. The molecule has 2 aliphatic heterocycles. The number of amides is 1. The predicted molar refractivity (Wildman–Crippen MR) is 103 cm³/mol. The van der Waals surface area contributed by atoms with Gasteiger partial charge in [-0.25, -0.2) is 4.39 Å². The summed E-state index contributed by atoms with van der Waals surface area (Å²) in [5, 5.41) is 0. The van der Waals surface area contributed by atoms with Gasteiger partial charge in [-0.1, -0.05) is 12.1 Å². The molecule has 3 fully saturated rings. The first-order chi connectivity index (χ1) is 12.6. The molecule has 0 bridgehead atoms. The SMILES string of the molecule is CC1(C)OB(C2CCN(C(=O)C3(c4cccc(F)c4)CC3)CC2)OC1(C)C. The number of halogens is 1. The molecule has 2 heterocycles. The van der Waals surface area contributed by atoms with Gasteiger partial charge in [0.2, 0.25) is 5.91 Å². The molecule has 1 aromatic carbocycles. The Balaban J connectivity index is 1.39. The Hall–Kier alpha value is -1.40. The Bertz CT molecular complexity index is 723. The predicted octanol–water partition coefficient (Wildman–Crippen LogP) is 3.94. The van der Waals surface area contributed by atoms with Gasteiger partial charge in [0.25, 0.3) is 0 Å². The summed E-state index contributed by atoms with van der Waals surface area (Å²) in [5.41, 5.74) is -0.319. The zero-order valence-electron chi connectivity index (χ0n) is 16.8. The summed E-state index contributed by atoms with van der Waals surface area (Å²) in [7, 11) is -0.203. The van der Waals surface area contributed by atoms with Crippen molar-refractivity contribution in [1.29, 1.82) is 0 Å². The number of rotatable bonds is 3. The van der Waals surface area contributed by atoms with E-state index in [1.54, 1.807) is 6.07 Å². The maximum Gasteiger partial charge on any atom is 0.461 e. The van der Waals surface area contributed by atoms with Crippen LogP contribution in [0.4, 0.5) is 4.39 Å². The lowest BCUT2D eigenvalue weighted by Gasteiger charge is -2.35. The standard InChI is InChI=1S/C21H29BFNO3/c1-19(2)20(3,4)27-22(26-19)16-8-12-24(13-9-16)18(25)21(10-11-21)15-6-5-7-17(23)14-15/h5-7,14,16H,8-13H2,1-4H3. The summed E-state index contributed by atoms with van der Waals surface area (Å²) in [6, 6.07) is 6.52. The van der Waals surface area contributed by atoms with Crippen molar-refractivity contribution in [3.8, 4) is 0 Å². The van der Waals surface area contributed by atoms with Crippen LogP contribution in [0.5, 0.6) is 0 Å². The lowest BCUT2D eigenvalue weighted by Crippen LogP contribution is -2.45. The summed E-state index contributed by atoms with van der Waals surface area (Å²) in [6.07, 6.45) is 3.38. The van der Waals surface area contributed by atoms with E-state index in [9.17, 15) is 9.18 Å². The van der Waals surface area contributed by atoms with E-state index in [-0.39, 0.29) is 30.0 Å². The number of carbonyl (C=O) groups is 1. The highest BCUT2D eigenvalue weighted by Crippen LogP contribution is 2.50. The molecule has 0 N–H and O–H groups in total. The first-order valence-corrected chi connectivity index (χ1v) is 10.1. The Kier molecular flexibility index (Phi) is 4.43. The zero-order valence-corrected chi connectivity index (χ0v) is 16.8. The molecule has 4 rings (SSSR count). The molecular formula is C21H29BFNO3. The second-order valence-corrected chi connectivity index (χ2v) is 9.35. The van der Waals surface area contributed by atoms with E-state index < -0.39 is 5.41 Å². The van der Waals surface area contributed by atoms with E-state index in [4.69, 9.17) is 9.31 Å². The van der Waals surface area contributed by atoms with Gasteiger partial charge in [0, 0.05) is 13.1 Å². The maximum atomic E-state index is 13.6. The van der Waals surface area contributed by atoms with Crippen molar-refractivity contribution in [2.75, 3.05) is 13.1 Å². The summed E-state index contributed by atoms with van der Waals surface area (Å²) >= 11 is 0. The van der Waals surface area contributed by atoms with E-state index in [1.165, 1.54) is 12.1 Å². The fourth-order valence-electron chi connectivity index (χ4n) is 4.30. The zero-order chi connectivity index (χ0) is 19.4. The highest BCUT2D eigenvalue weighted by Gasteiger charge is 2.56. The largest absolute Gasteiger partial charge is 0.461 e. The lowest BCUT2D eigenvalue weighted by molar-refractivity contribution is -0.134. The second kappa shape index (κ2) is 6.31. The van der Waals surface area contributed by atoms with Crippen LogP contribution >= 0.6 is 0 Å². The van der Waals surface area contributed by atoms with Crippen molar-refractivity contribution in [3.05, 3.63) is 35.6 Å². The highest BCUT2D eigenvalue weighted by atomic mass is 19.1. The first kappa shape index (κ1) is 18.9. The minimum Gasteiger partial charge on any atom is -0.403 e. The lowest BCUT2D eigenvalue weighted by atomic mass is 9.66. The molecule has 2 saturated heterocycles. The topological polar surface area (TPSA) is 38.8 Å². The molecule has 0 atom stereocenters. The van der Waals surface area contributed by atoms with Crippen molar-refractivity contribution in [1.82, 2.24) is 4.90 Å². The van der Waals surface area contributed by atoms with Gasteiger partial charge in [0.05, 0.1) is 16.6 Å². The van der Waals surface area contributed by atoms with Crippen LogP contribution in [0, 0.1) is 5.82 Å². The van der Waals surface area contributed by atoms with Gasteiger partial charge < -0.3 is 14.2 Å². The van der Waals surface area contributed by atoms with E-state index in [0.29, 0.717) is 18.9 Å². The van der Waals surface area contributed by atoms with Crippen molar-refractivity contribution in [2.45, 2.75) is 75.8 Å². The smallest absolute Gasteiger partial charge is 0.403 e. The summed E-state index contributed by atoms with van der Waals surface area (Å²) in [6.45, 7) is 9.71. The summed E-state index contributed by atoms with van der Waals surface area (Å²) in [5.74, 6) is 0.186. The van der Waals surface area contributed by atoms with Crippen LogP contribution in [0.2, 0.25) is 5.82 Å². The Labute approximate surface area is 161 Å². The Morgan fingerprint density at radius 2 is 1.70 bits per heavy atom. The second-order valence-electron chi connectivity index (χ2n) is 9.35. The molecular weight excluding hydrogens is 344 g/mol. The third-order valence-electron chi connectivity index (χ3n) is 7.02. The monoisotopic (exact) mass is 373 g/mol. The molecule has 1 saturated carbocycles. The molecule has 0 radical (unpaired) electrons. The molecule has 0 spiro atoms. The van der Waals surface area contributed by atoms with Crippen LogP contribution in [0.1, 0.15) is 58.9 Å². The van der Waals surface area contributed by atoms with Crippen LogP contribution < -0.4 is 0 Å². The van der Waals surface area contributed by atoms with Crippen molar-refractivity contribution >= 4 is 13.0 Å². The number of hydrogen-bond acceptors (Lipinski definition) is 3. The fourth-order valence-corrected chi connectivity index (χ4v) is 4.30. The van der Waals surface area contributed by atoms with E-state index >= 15 is 0 Å². The molecule has 6 heteroatoms. The Morgan fingerprint density at radius 3 is 2.22 bits per heavy atom. The van der Waals surface area contributed by atoms with Crippen LogP contribution in [-0.4, -0.2) is 42.2 Å². The molecule has 1 aliphatic carbocycles. The molecule has 146 valence electrons.